The van der Waals surface area contributed by atoms with Gasteiger partial charge < -0.3 is 19.3 Å². The van der Waals surface area contributed by atoms with Crippen molar-refractivity contribution in [2.24, 2.45) is 0 Å². The number of hydrogen-bond donors (Lipinski definition) is 0. The molecule has 0 N–H and O–H groups in total. The smallest absolute Gasteiger partial charge is 0.282 e. The van der Waals surface area contributed by atoms with Crippen molar-refractivity contribution in [3.8, 4) is 11.5 Å². The van der Waals surface area contributed by atoms with Gasteiger partial charge in [0.25, 0.3) is 11.8 Å². The summed E-state index contributed by atoms with van der Waals surface area (Å²) >= 11 is 0. The number of imide groups is 1. The Balaban J connectivity index is 1.78. The predicted octanol–water partition coefficient (Wildman–Crippen LogP) is 3.40. The molecule has 0 aliphatic carbocycles. The van der Waals surface area contributed by atoms with Gasteiger partial charge in [-0.15, -0.1) is 0 Å². The van der Waals surface area contributed by atoms with Gasteiger partial charge in [0.1, 0.15) is 17.2 Å². The fraction of sp³-hybridized carbons (Fsp3) is 0.385. The quantitative estimate of drug-likeness (QED) is 0.604. The van der Waals surface area contributed by atoms with Crippen molar-refractivity contribution in [2.45, 2.75) is 26.9 Å². The third-order valence-electron chi connectivity index (χ3n) is 6.04. The van der Waals surface area contributed by atoms with Gasteiger partial charge in [0.05, 0.1) is 24.5 Å². The Morgan fingerprint density at radius 2 is 1.58 bits per heavy atom. The average molecular weight is 450 g/mol. The monoisotopic (exact) mass is 449 g/mol. The van der Waals surface area contributed by atoms with Gasteiger partial charge in [0, 0.05) is 26.2 Å². The summed E-state index contributed by atoms with van der Waals surface area (Å²) in [6.45, 7) is 10.0. The Labute approximate surface area is 195 Å². The maximum absolute atomic E-state index is 13.8. The Hall–Kier alpha value is -3.32. The number of piperazine rings is 1. The van der Waals surface area contributed by atoms with Crippen LogP contribution in [0, 0.1) is 0 Å². The second-order valence-electron chi connectivity index (χ2n) is 8.45. The molecule has 0 bridgehead atoms. The lowest BCUT2D eigenvalue weighted by atomic mass is 10.0. The standard InChI is InChI=1S/C26H31N3O4/c1-5-27-14-16-28(17-15-27)24-23(19-10-12-20(32-4)13-11-19)25(30)29(26(24)31)21-8-6-7-9-22(21)33-18(2)3/h6-13,18H,5,14-17H2,1-4H3. The van der Waals surface area contributed by atoms with Crippen molar-refractivity contribution < 1.29 is 19.1 Å². The van der Waals surface area contributed by atoms with E-state index in [2.05, 4.69) is 16.7 Å². The lowest BCUT2D eigenvalue weighted by molar-refractivity contribution is -0.120. The molecule has 33 heavy (non-hydrogen) atoms. The van der Waals surface area contributed by atoms with E-state index in [-0.39, 0.29) is 17.9 Å². The molecule has 0 radical (unpaired) electrons. The van der Waals surface area contributed by atoms with Gasteiger partial charge in [0.15, 0.2) is 0 Å². The molecular weight excluding hydrogens is 418 g/mol. The second-order valence-corrected chi connectivity index (χ2v) is 8.45. The molecule has 2 aliphatic rings. The number of methoxy groups -OCH3 is 1. The maximum Gasteiger partial charge on any atom is 0.282 e. The van der Waals surface area contributed by atoms with Gasteiger partial charge in [-0.3, -0.25) is 9.59 Å². The van der Waals surface area contributed by atoms with Crippen molar-refractivity contribution in [1.29, 1.82) is 0 Å². The van der Waals surface area contributed by atoms with E-state index in [0.717, 1.165) is 19.6 Å². The summed E-state index contributed by atoms with van der Waals surface area (Å²) in [5.41, 5.74) is 2.05. The summed E-state index contributed by atoms with van der Waals surface area (Å²) in [5, 5.41) is 0. The average Bonchev–Trinajstić information content (AvgIpc) is 3.09. The first kappa shape index (κ1) is 22.9. The number of amides is 2. The Bertz CT molecular complexity index is 1050. The summed E-state index contributed by atoms with van der Waals surface area (Å²) in [6.07, 6.45) is -0.0884. The number of ether oxygens (including phenoxy) is 2. The lowest BCUT2D eigenvalue weighted by Gasteiger charge is -2.36. The van der Waals surface area contributed by atoms with E-state index in [1.165, 1.54) is 4.90 Å². The van der Waals surface area contributed by atoms with Gasteiger partial charge in [-0.25, -0.2) is 4.90 Å². The van der Waals surface area contributed by atoms with Crippen LogP contribution in [0.4, 0.5) is 5.69 Å². The number of benzene rings is 2. The topological polar surface area (TPSA) is 62.3 Å². The van der Waals surface area contributed by atoms with Crippen LogP contribution in [-0.4, -0.2) is 67.6 Å². The Morgan fingerprint density at radius 1 is 0.909 bits per heavy atom. The molecule has 4 rings (SSSR count). The van der Waals surface area contributed by atoms with Crippen LogP contribution in [-0.2, 0) is 9.59 Å². The van der Waals surface area contributed by atoms with Crippen LogP contribution in [0.5, 0.6) is 11.5 Å². The normalized spacial score (nSPS) is 17.4. The van der Waals surface area contributed by atoms with Gasteiger partial charge >= 0.3 is 0 Å². The molecule has 7 heteroatoms. The van der Waals surface area contributed by atoms with Crippen molar-refractivity contribution in [1.82, 2.24) is 9.80 Å². The van der Waals surface area contributed by atoms with Gasteiger partial charge in [-0.2, -0.15) is 0 Å². The van der Waals surface area contributed by atoms with E-state index < -0.39 is 0 Å². The number of carbonyl (C=O) groups excluding carboxylic acids is 2. The molecule has 0 spiro atoms. The minimum Gasteiger partial charge on any atom is -0.497 e. The third kappa shape index (κ3) is 4.46. The van der Waals surface area contributed by atoms with Crippen LogP contribution >= 0.6 is 0 Å². The zero-order valence-corrected chi connectivity index (χ0v) is 19.7. The van der Waals surface area contributed by atoms with Gasteiger partial charge in [-0.05, 0) is 50.2 Å². The number of nitrogens with zero attached hydrogens (tertiary/aromatic N) is 3. The van der Waals surface area contributed by atoms with Crippen LogP contribution in [0.25, 0.3) is 5.57 Å². The van der Waals surface area contributed by atoms with Crippen molar-refractivity contribution >= 4 is 23.1 Å². The zero-order chi connectivity index (χ0) is 23.5. The maximum atomic E-state index is 13.8. The van der Waals surface area contributed by atoms with Crippen molar-refractivity contribution in [2.75, 3.05) is 44.7 Å². The summed E-state index contributed by atoms with van der Waals surface area (Å²) in [6, 6.07) is 14.5. The molecule has 7 nitrogen and oxygen atoms in total. The number of likely N-dealkylation sites (N-methyl/N-ethyl adjacent to an activating group) is 1. The first-order valence-electron chi connectivity index (χ1n) is 11.4. The summed E-state index contributed by atoms with van der Waals surface area (Å²) in [4.78, 5) is 33.3. The molecule has 1 saturated heterocycles. The lowest BCUT2D eigenvalue weighted by Crippen LogP contribution is -2.47. The molecule has 0 saturated carbocycles. The number of para-hydroxylation sites is 2. The van der Waals surface area contributed by atoms with Gasteiger partial charge in [-0.1, -0.05) is 31.2 Å². The first-order valence-corrected chi connectivity index (χ1v) is 11.4. The summed E-state index contributed by atoms with van der Waals surface area (Å²) in [7, 11) is 1.60. The van der Waals surface area contributed by atoms with Crippen LogP contribution in [0.15, 0.2) is 54.2 Å². The van der Waals surface area contributed by atoms with Crippen LogP contribution in [0.2, 0.25) is 0 Å². The van der Waals surface area contributed by atoms with Crippen molar-refractivity contribution in [3.05, 3.63) is 59.8 Å². The molecule has 1 fully saturated rings. The highest BCUT2D eigenvalue weighted by molar-refractivity contribution is 6.45. The molecule has 2 aromatic carbocycles. The van der Waals surface area contributed by atoms with E-state index >= 15 is 0 Å². The molecule has 174 valence electrons. The van der Waals surface area contributed by atoms with Gasteiger partial charge in [0.2, 0.25) is 0 Å². The largest absolute Gasteiger partial charge is 0.497 e. The minimum absolute atomic E-state index is 0.0884. The van der Waals surface area contributed by atoms with E-state index in [4.69, 9.17) is 9.47 Å². The molecule has 2 aromatic rings. The molecule has 2 amide bonds. The van der Waals surface area contributed by atoms with Crippen LogP contribution in [0.3, 0.4) is 0 Å². The van der Waals surface area contributed by atoms with E-state index in [9.17, 15) is 9.59 Å². The Morgan fingerprint density at radius 3 is 2.18 bits per heavy atom. The molecule has 2 aliphatic heterocycles. The van der Waals surface area contributed by atoms with E-state index in [1.807, 2.05) is 50.2 Å². The highest BCUT2D eigenvalue weighted by Crippen LogP contribution is 2.39. The second kappa shape index (κ2) is 9.67. The molecule has 2 heterocycles. The van der Waals surface area contributed by atoms with Crippen LogP contribution in [0.1, 0.15) is 26.3 Å². The SMILES string of the molecule is CCN1CCN(C2=C(c3ccc(OC)cc3)C(=O)N(c3ccccc3OC(C)C)C2=O)CC1. The third-order valence-corrected chi connectivity index (χ3v) is 6.04. The highest BCUT2D eigenvalue weighted by atomic mass is 16.5. The number of rotatable bonds is 7. The summed E-state index contributed by atoms with van der Waals surface area (Å²) < 4.78 is 11.2. The number of hydrogen-bond acceptors (Lipinski definition) is 6. The fourth-order valence-electron chi connectivity index (χ4n) is 4.33. The number of anilines is 1. The number of carbonyl (C=O) groups is 2. The fourth-order valence-corrected chi connectivity index (χ4v) is 4.33. The van der Waals surface area contributed by atoms with E-state index in [1.54, 1.807) is 19.2 Å². The van der Waals surface area contributed by atoms with Crippen molar-refractivity contribution in [3.63, 3.8) is 0 Å². The molecular formula is C26H31N3O4. The van der Waals surface area contributed by atoms with Crippen LogP contribution < -0.4 is 14.4 Å². The molecule has 0 aromatic heterocycles. The molecule has 0 atom stereocenters. The molecule has 0 unspecified atom stereocenters. The van der Waals surface area contributed by atoms with E-state index in [0.29, 0.717) is 47.1 Å². The Kier molecular flexibility index (Phi) is 6.70. The highest BCUT2D eigenvalue weighted by Gasteiger charge is 2.44. The minimum atomic E-state index is -0.335. The predicted molar refractivity (Wildman–Crippen MR) is 128 cm³/mol. The summed E-state index contributed by atoms with van der Waals surface area (Å²) in [5.74, 6) is 0.565. The zero-order valence-electron chi connectivity index (χ0n) is 19.7. The first-order chi connectivity index (χ1) is 15.9.